The molecule has 2 aromatic carbocycles. The minimum absolute atomic E-state index is 0.105. The van der Waals surface area contributed by atoms with Gasteiger partial charge in [0.15, 0.2) is 5.65 Å². The summed E-state index contributed by atoms with van der Waals surface area (Å²) in [5.41, 5.74) is 2.15. The van der Waals surface area contributed by atoms with Crippen molar-refractivity contribution in [3.8, 4) is 0 Å². The summed E-state index contributed by atoms with van der Waals surface area (Å²) in [6.45, 7) is 7.25. The molecule has 5 rings (SSSR count). The Bertz CT molecular complexity index is 1390. The highest BCUT2D eigenvalue weighted by atomic mass is 32.2. The minimum Gasteiger partial charge on any atom is -0.353 e. The van der Waals surface area contributed by atoms with E-state index in [1.54, 1.807) is 16.6 Å². The highest BCUT2D eigenvalue weighted by molar-refractivity contribution is 7.91. The van der Waals surface area contributed by atoms with Crippen LogP contribution in [0.3, 0.4) is 0 Å². The average Bonchev–Trinajstić information content (AvgIpc) is 3.24. The molecule has 1 aliphatic heterocycles. The summed E-state index contributed by atoms with van der Waals surface area (Å²) in [4.78, 5) is 7.35. The highest BCUT2D eigenvalue weighted by Gasteiger charge is 2.29. The molecular formula is C24H27N5O2S. The van der Waals surface area contributed by atoms with Gasteiger partial charge in [0.2, 0.25) is 14.9 Å². The van der Waals surface area contributed by atoms with Gasteiger partial charge in [-0.2, -0.15) is 4.52 Å². The second-order valence-electron chi connectivity index (χ2n) is 8.85. The summed E-state index contributed by atoms with van der Waals surface area (Å²) < 4.78 is 28.6. The van der Waals surface area contributed by atoms with Gasteiger partial charge in [-0.3, -0.25) is 0 Å². The van der Waals surface area contributed by atoms with E-state index in [-0.39, 0.29) is 15.6 Å². The fourth-order valence-electron chi connectivity index (χ4n) is 4.48. The Hall–Kier alpha value is -3.00. The maximum atomic E-state index is 13.5. The summed E-state index contributed by atoms with van der Waals surface area (Å²) in [7, 11) is -3.87. The number of para-hydroxylation sites is 1. The van der Waals surface area contributed by atoms with E-state index in [0.29, 0.717) is 12.0 Å². The number of anilines is 1. The van der Waals surface area contributed by atoms with Crippen LogP contribution in [0.25, 0.3) is 16.6 Å². The number of fused-ring (bicyclic) bond motifs is 3. The van der Waals surface area contributed by atoms with E-state index in [1.165, 1.54) is 6.42 Å². The van der Waals surface area contributed by atoms with Crippen LogP contribution in [0.4, 0.5) is 5.82 Å². The standard InChI is InChI=1S/C24H27N5O2S/c1-16(2)18-11-13-19(14-12-18)32(30,31)24-23-25-22(28-15-7-6-8-17(28)3)20-9-4-5-10-21(20)29(23)27-26-24/h4-5,9-14,16-17H,6-8,15H2,1-3H3. The molecule has 1 atom stereocenters. The lowest BCUT2D eigenvalue weighted by molar-refractivity contribution is 0.482. The van der Waals surface area contributed by atoms with Crippen molar-refractivity contribution in [1.82, 2.24) is 19.8 Å². The highest BCUT2D eigenvalue weighted by Crippen LogP contribution is 2.33. The Kier molecular flexibility index (Phi) is 5.12. The fourth-order valence-corrected chi connectivity index (χ4v) is 5.71. The molecule has 32 heavy (non-hydrogen) atoms. The van der Waals surface area contributed by atoms with Crippen LogP contribution in [-0.4, -0.2) is 40.8 Å². The minimum atomic E-state index is -3.87. The van der Waals surface area contributed by atoms with Crippen LogP contribution in [0.2, 0.25) is 0 Å². The van der Waals surface area contributed by atoms with Crippen LogP contribution < -0.4 is 4.90 Å². The van der Waals surface area contributed by atoms with Gasteiger partial charge < -0.3 is 4.90 Å². The Morgan fingerprint density at radius 3 is 2.50 bits per heavy atom. The number of rotatable bonds is 4. The van der Waals surface area contributed by atoms with Crippen LogP contribution in [0.1, 0.15) is 51.5 Å². The van der Waals surface area contributed by atoms with Gasteiger partial charge in [-0.25, -0.2) is 13.4 Å². The average molecular weight is 450 g/mol. The summed E-state index contributed by atoms with van der Waals surface area (Å²) >= 11 is 0. The molecule has 0 saturated carbocycles. The zero-order chi connectivity index (χ0) is 22.5. The Morgan fingerprint density at radius 2 is 1.78 bits per heavy atom. The Morgan fingerprint density at radius 1 is 1.03 bits per heavy atom. The SMILES string of the molecule is CC(C)c1ccc(S(=O)(=O)c2nnn3c2nc(N2CCCCC2C)c2ccccc23)cc1. The summed E-state index contributed by atoms with van der Waals surface area (Å²) in [6.07, 6.45) is 3.38. The van der Waals surface area contributed by atoms with Crippen LogP contribution in [0.15, 0.2) is 58.5 Å². The van der Waals surface area contributed by atoms with Crippen LogP contribution in [0.5, 0.6) is 0 Å². The lowest BCUT2D eigenvalue weighted by Crippen LogP contribution is -2.38. The van der Waals surface area contributed by atoms with Gasteiger partial charge in [0.25, 0.3) is 0 Å². The van der Waals surface area contributed by atoms with E-state index < -0.39 is 9.84 Å². The van der Waals surface area contributed by atoms with Crippen molar-refractivity contribution in [3.05, 3.63) is 54.1 Å². The summed E-state index contributed by atoms with van der Waals surface area (Å²) in [5.74, 6) is 1.12. The van der Waals surface area contributed by atoms with Gasteiger partial charge in [-0.05, 0) is 61.9 Å². The van der Waals surface area contributed by atoms with Crippen LogP contribution in [0, 0.1) is 0 Å². The maximum absolute atomic E-state index is 13.5. The summed E-state index contributed by atoms with van der Waals surface area (Å²) in [6, 6.07) is 15.2. The van der Waals surface area contributed by atoms with E-state index >= 15 is 0 Å². The molecule has 1 unspecified atom stereocenters. The van der Waals surface area contributed by atoms with Gasteiger partial charge in [-0.1, -0.05) is 43.3 Å². The Balaban J connectivity index is 1.71. The van der Waals surface area contributed by atoms with E-state index in [0.717, 1.165) is 41.7 Å². The smallest absolute Gasteiger partial charge is 0.229 e. The summed E-state index contributed by atoms with van der Waals surface area (Å²) in [5, 5.41) is 9.14. The molecule has 0 bridgehead atoms. The predicted molar refractivity (Wildman–Crippen MR) is 125 cm³/mol. The third kappa shape index (κ3) is 3.33. The first-order chi connectivity index (χ1) is 15.4. The monoisotopic (exact) mass is 449 g/mol. The zero-order valence-electron chi connectivity index (χ0n) is 18.6. The molecule has 166 valence electrons. The number of sulfone groups is 1. The molecule has 7 nitrogen and oxygen atoms in total. The van der Waals surface area contributed by atoms with E-state index in [9.17, 15) is 8.42 Å². The number of hydrogen-bond donors (Lipinski definition) is 0. The largest absolute Gasteiger partial charge is 0.353 e. The lowest BCUT2D eigenvalue weighted by atomic mass is 10.0. The van der Waals surface area contributed by atoms with Gasteiger partial charge in [0.1, 0.15) is 5.82 Å². The second kappa shape index (κ2) is 7.85. The topological polar surface area (TPSA) is 80.5 Å². The molecule has 0 spiro atoms. The van der Waals surface area contributed by atoms with Crippen molar-refractivity contribution >= 4 is 32.2 Å². The molecule has 1 aliphatic rings. The predicted octanol–water partition coefficient (Wildman–Crippen LogP) is 4.61. The molecule has 1 saturated heterocycles. The van der Waals surface area contributed by atoms with Crippen molar-refractivity contribution in [2.75, 3.05) is 11.4 Å². The molecule has 8 heteroatoms. The molecular weight excluding hydrogens is 422 g/mol. The fraction of sp³-hybridized carbons (Fsp3) is 0.375. The van der Waals surface area contributed by atoms with Crippen LogP contribution in [-0.2, 0) is 9.84 Å². The van der Waals surface area contributed by atoms with E-state index in [2.05, 4.69) is 36.0 Å². The number of hydrogen-bond acceptors (Lipinski definition) is 6. The third-order valence-corrected chi connectivity index (χ3v) is 8.05. The molecule has 4 aromatic rings. The first-order valence-corrected chi connectivity index (χ1v) is 12.6. The molecule has 0 aliphatic carbocycles. The molecule has 0 amide bonds. The molecule has 1 fully saturated rings. The number of nitrogens with zero attached hydrogens (tertiary/aromatic N) is 5. The molecule has 0 radical (unpaired) electrons. The lowest BCUT2D eigenvalue weighted by Gasteiger charge is -2.35. The van der Waals surface area contributed by atoms with Gasteiger partial charge in [-0.15, -0.1) is 5.10 Å². The van der Waals surface area contributed by atoms with Crippen molar-refractivity contribution in [1.29, 1.82) is 0 Å². The Labute approximate surface area is 188 Å². The van der Waals surface area contributed by atoms with Gasteiger partial charge in [0, 0.05) is 18.0 Å². The number of piperidine rings is 1. The third-order valence-electron chi connectivity index (χ3n) is 6.39. The van der Waals surface area contributed by atoms with Crippen molar-refractivity contribution in [2.45, 2.75) is 61.9 Å². The van der Waals surface area contributed by atoms with E-state index in [4.69, 9.17) is 4.98 Å². The van der Waals surface area contributed by atoms with Gasteiger partial charge >= 0.3 is 0 Å². The zero-order valence-corrected chi connectivity index (χ0v) is 19.4. The van der Waals surface area contributed by atoms with Gasteiger partial charge in [0.05, 0.1) is 10.4 Å². The quantitative estimate of drug-likeness (QED) is 0.453. The van der Waals surface area contributed by atoms with Crippen molar-refractivity contribution in [3.63, 3.8) is 0 Å². The maximum Gasteiger partial charge on any atom is 0.229 e. The normalized spacial score (nSPS) is 17.5. The van der Waals surface area contributed by atoms with Crippen molar-refractivity contribution < 1.29 is 8.42 Å². The first-order valence-electron chi connectivity index (χ1n) is 11.1. The second-order valence-corrected chi connectivity index (χ2v) is 10.7. The number of aromatic nitrogens is 4. The van der Waals surface area contributed by atoms with Crippen molar-refractivity contribution in [2.24, 2.45) is 0 Å². The molecule has 0 N–H and O–H groups in total. The first kappa shape index (κ1) is 20.9. The van der Waals surface area contributed by atoms with E-state index in [1.807, 2.05) is 36.4 Å². The van der Waals surface area contributed by atoms with Crippen LogP contribution >= 0.6 is 0 Å². The molecule has 2 aromatic heterocycles. The number of benzene rings is 2. The molecule has 3 heterocycles.